The molecule has 1 heterocycles. The van der Waals surface area contributed by atoms with Crippen LogP contribution in [0.25, 0.3) is 11.1 Å². The van der Waals surface area contributed by atoms with Crippen LogP contribution in [0.1, 0.15) is 78.4 Å². The normalized spacial score (nSPS) is 17.9. The lowest BCUT2D eigenvalue weighted by atomic mass is 9.77. The van der Waals surface area contributed by atoms with E-state index in [9.17, 15) is 14.4 Å². The number of nitrogens with one attached hydrogen (secondary N) is 1. The van der Waals surface area contributed by atoms with Gasteiger partial charge >= 0.3 is 0 Å². The molecule has 1 amide bonds. The van der Waals surface area contributed by atoms with Crippen molar-refractivity contribution in [2.75, 3.05) is 39.2 Å². The van der Waals surface area contributed by atoms with Crippen LogP contribution in [-0.4, -0.2) is 62.1 Å². The topological polar surface area (TPSA) is 130 Å². The van der Waals surface area contributed by atoms with Gasteiger partial charge in [-0.2, -0.15) is 5.11 Å². The van der Waals surface area contributed by atoms with E-state index in [4.69, 9.17) is 5.73 Å². The Bertz CT molecular complexity index is 1650. The van der Waals surface area contributed by atoms with Gasteiger partial charge in [-0.25, -0.2) is 4.99 Å². The van der Waals surface area contributed by atoms with Gasteiger partial charge in [-0.15, -0.1) is 5.11 Å². The van der Waals surface area contributed by atoms with E-state index >= 15 is 0 Å². The molecule has 0 aromatic heterocycles. The predicted molar refractivity (Wildman–Crippen MR) is 196 cm³/mol. The molecule has 1 fully saturated rings. The van der Waals surface area contributed by atoms with Crippen molar-refractivity contribution in [3.63, 3.8) is 0 Å². The molecular formula is C40H50N6O3. The van der Waals surface area contributed by atoms with Crippen molar-refractivity contribution in [1.82, 2.24) is 4.90 Å². The molecule has 3 N–H and O–H groups in total. The van der Waals surface area contributed by atoms with Gasteiger partial charge in [0.1, 0.15) is 5.78 Å². The molecule has 258 valence electrons. The Labute approximate surface area is 290 Å². The average Bonchev–Trinajstić information content (AvgIpc) is 3.66. The zero-order chi connectivity index (χ0) is 34.8. The zero-order valence-electron chi connectivity index (χ0n) is 29.2. The van der Waals surface area contributed by atoms with Crippen LogP contribution in [0.5, 0.6) is 0 Å². The highest BCUT2D eigenvalue weighted by atomic mass is 16.2. The quantitative estimate of drug-likeness (QED) is 0.123. The van der Waals surface area contributed by atoms with Crippen molar-refractivity contribution in [3.05, 3.63) is 89.0 Å². The van der Waals surface area contributed by atoms with Crippen molar-refractivity contribution < 1.29 is 14.4 Å². The van der Waals surface area contributed by atoms with E-state index in [1.54, 1.807) is 0 Å². The van der Waals surface area contributed by atoms with Crippen molar-refractivity contribution in [2.24, 2.45) is 38.7 Å². The maximum atomic E-state index is 13.7. The highest BCUT2D eigenvalue weighted by Gasteiger charge is 2.30. The van der Waals surface area contributed by atoms with Crippen LogP contribution >= 0.6 is 0 Å². The summed E-state index contributed by atoms with van der Waals surface area (Å²) in [6.07, 6.45) is 6.71. The number of unbranched alkanes of at least 4 members (excludes halogenated alkanes) is 1. The Morgan fingerprint density at radius 2 is 1.63 bits per heavy atom. The van der Waals surface area contributed by atoms with Gasteiger partial charge in [0.2, 0.25) is 5.91 Å². The molecule has 3 aromatic carbocycles. The molecule has 49 heavy (non-hydrogen) atoms. The van der Waals surface area contributed by atoms with Crippen LogP contribution in [0.3, 0.4) is 0 Å². The predicted octanol–water partition coefficient (Wildman–Crippen LogP) is 7.27. The fraction of sp³-hybridized carbons (Fsp3) is 0.450. The molecule has 3 aromatic rings. The van der Waals surface area contributed by atoms with E-state index in [1.165, 1.54) is 0 Å². The number of amides is 1. The number of hydrogen-bond donors (Lipinski definition) is 2. The highest BCUT2D eigenvalue weighted by Crippen LogP contribution is 2.32. The summed E-state index contributed by atoms with van der Waals surface area (Å²) in [7, 11) is 4.10. The highest BCUT2D eigenvalue weighted by molar-refractivity contribution is 6.01. The molecule has 1 saturated carbocycles. The molecule has 1 aliphatic heterocycles. The summed E-state index contributed by atoms with van der Waals surface area (Å²) < 4.78 is 0. The van der Waals surface area contributed by atoms with Crippen LogP contribution in [0.4, 0.5) is 5.69 Å². The number of azo groups is 1. The Morgan fingerprint density at radius 3 is 2.27 bits per heavy atom. The van der Waals surface area contributed by atoms with E-state index < -0.39 is 5.92 Å². The van der Waals surface area contributed by atoms with Crippen molar-refractivity contribution in [3.8, 4) is 11.1 Å². The zero-order valence-corrected chi connectivity index (χ0v) is 29.2. The summed E-state index contributed by atoms with van der Waals surface area (Å²) >= 11 is 0. The minimum absolute atomic E-state index is 0.0167. The number of amidine groups is 1. The maximum absolute atomic E-state index is 13.7. The first kappa shape index (κ1) is 36.0. The van der Waals surface area contributed by atoms with Crippen LogP contribution in [0.15, 0.2) is 82.0 Å². The van der Waals surface area contributed by atoms with Gasteiger partial charge < -0.3 is 16.0 Å². The molecule has 9 heteroatoms. The van der Waals surface area contributed by atoms with Gasteiger partial charge in [0.05, 0.1) is 0 Å². The van der Waals surface area contributed by atoms with E-state index in [0.717, 1.165) is 78.5 Å². The second-order valence-corrected chi connectivity index (χ2v) is 13.9. The van der Waals surface area contributed by atoms with Gasteiger partial charge in [-0.05, 0) is 138 Å². The molecule has 0 radical (unpaired) electrons. The van der Waals surface area contributed by atoms with Gasteiger partial charge in [0, 0.05) is 41.5 Å². The van der Waals surface area contributed by atoms with Crippen molar-refractivity contribution >= 4 is 29.0 Å². The number of hydrogen-bond acceptors (Lipinski definition) is 8. The number of benzene rings is 3. The van der Waals surface area contributed by atoms with Crippen molar-refractivity contribution in [2.45, 2.75) is 64.7 Å². The molecule has 0 spiro atoms. The number of nitrogens with zero attached hydrogens (tertiary/aromatic N) is 4. The number of carbonyl (C=O) groups is 3. The largest absolute Gasteiger partial charge is 0.330 e. The molecular weight excluding hydrogens is 612 g/mol. The monoisotopic (exact) mass is 662 g/mol. The second-order valence-electron chi connectivity index (χ2n) is 13.9. The Hall–Kier alpha value is -4.34. The average molecular weight is 663 g/mol. The Kier molecular flexibility index (Phi) is 12.7. The van der Waals surface area contributed by atoms with E-state index in [2.05, 4.69) is 37.6 Å². The summed E-state index contributed by atoms with van der Waals surface area (Å²) in [4.78, 5) is 46.5. The fourth-order valence-electron chi connectivity index (χ4n) is 6.84. The minimum atomic E-state index is -0.511. The summed E-state index contributed by atoms with van der Waals surface area (Å²) in [6, 6.07) is 21.5. The van der Waals surface area contributed by atoms with Crippen LogP contribution in [0.2, 0.25) is 0 Å². The first-order valence-corrected chi connectivity index (χ1v) is 17.6. The summed E-state index contributed by atoms with van der Waals surface area (Å²) in [5.41, 5.74) is 12.3. The summed E-state index contributed by atoms with van der Waals surface area (Å²) in [5, 5.41) is 11.0. The number of rotatable bonds is 16. The number of carbonyl (C=O) groups excluding carboxylic acids is 3. The van der Waals surface area contributed by atoms with Crippen LogP contribution in [0, 0.1) is 24.7 Å². The van der Waals surface area contributed by atoms with Gasteiger partial charge in [0.25, 0.3) is 0 Å². The van der Waals surface area contributed by atoms with Gasteiger partial charge in [0.15, 0.2) is 18.3 Å². The number of aliphatic imine (C=N–C) groups is 1. The maximum Gasteiger partial charge on any atom is 0.228 e. The number of aryl methyl sites for hydroxylation is 1. The second kappa shape index (κ2) is 17.4. The smallest absolute Gasteiger partial charge is 0.228 e. The van der Waals surface area contributed by atoms with E-state index in [-0.39, 0.29) is 29.8 Å². The lowest BCUT2D eigenvalue weighted by Gasteiger charge is -2.27. The standard InChI is InChI=1S/C40H50N6O3/c1-27-22-33(37(47)6-4-5-21-46(2)3)17-20-36(27)30-11-7-28(8-12-30)23-34(24-38(48)31-13-9-29(25-41)10-14-31)40(49)44-35-18-15-32(16-19-35)39-42-26-43-45-39/h7-8,11-12,15-20,22,29,31,34H,4-6,9-10,13-14,21,23-26,41H2,1-3H3,(H,44,49)/t29?,31?,34-/m1/s1. The first-order valence-electron chi connectivity index (χ1n) is 17.6. The molecule has 9 nitrogen and oxygen atoms in total. The Balaban J connectivity index is 1.26. The Morgan fingerprint density at radius 1 is 0.918 bits per heavy atom. The molecule has 0 unspecified atom stereocenters. The third kappa shape index (κ3) is 10.1. The SMILES string of the molecule is Cc1cc(C(=O)CCCCN(C)C)ccc1-c1ccc(C[C@H](CC(=O)C2CCC(CN)CC2)C(=O)Nc2ccc(C3=NCN=N3)cc2)cc1. The molecule has 5 rings (SSSR count). The molecule has 1 aliphatic carbocycles. The lowest BCUT2D eigenvalue weighted by Crippen LogP contribution is -2.31. The molecule has 0 saturated heterocycles. The summed E-state index contributed by atoms with van der Waals surface area (Å²) in [6.45, 7) is 4.02. The van der Waals surface area contributed by atoms with E-state index in [0.29, 0.717) is 43.5 Å². The minimum Gasteiger partial charge on any atom is -0.330 e. The third-order valence-corrected chi connectivity index (χ3v) is 9.87. The number of Topliss-reactive ketones (excluding diaryl/α,β-unsaturated/α-hetero) is 2. The van der Waals surface area contributed by atoms with Gasteiger partial charge in [-0.3, -0.25) is 14.4 Å². The van der Waals surface area contributed by atoms with E-state index in [1.807, 2.05) is 75.6 Å². The van der Waals surface area contributed by atoms with Crippen LogP contribution in [-0.2, 0) is 16.0 Å². The van der Waals surface area contributed by atoms with Crippen molar-refractivity contribution in [1.29, 1.82) is 0 Å². The van der Waals surface area contributed by atoms with Crippen LogP contribution < -0.4 is 11.1 Å². The first-order chi connectivity index (χ1) is 23.7. The summed E-state index contributed by atoms with van der Waals surface area (Å²) in [5.74, 6) is 0.715. The molecule has 2 aliphatic rings. The fourth-order valence-corrected chi connectivity index (χ4v) is 6.84. The third-order valence-electron chi connectivity index (χ3n) is 9.87. The van der Waals surface area contributed by atoms with Gasteiger partial charge in [-0.1, -0.05) is 36.4 Å². The lowest BCUT2D eigenvalue weighted by molar-refractivity contribution is -0.129. The molecule has 1 atom stereocenters. The number of nitrogens with two attached hydrogens (primary N) is 1. The molecule has 0 bridgehead atoms. The number of anilines is 1. The number of ketones is 2.